The largest absolute Gasteiger partial charge is 0.315 e. The number of piperidine rings is 1. The molecule has 0 amide bonds. The maximum absolute atomic E-state index is 6.34. The number of fused-ring (bicyclic) bond motifs is 1. The van der Waals surface area contributed by atoms with E-state index in [-0.39, 0.29) is 0 Å². The first-order valence-corrected chi connectivity index (χ1v) is 7.36. The van der Waals surface area contributed by atoms with E-state index < -0.39 is 0 Å². The number of nitrogens with zero attached hydrogens (tertiary/aromatic N) is 1. The number of rotatable bonds is 2. The minimum absolute atomic E-state index is 0.423. The Balaban J connectivity index is 1.83. The van der Waals surface area contributed by atoms with Crippen molar-refractivity contribution in [3.8, 4) is 0 Å². The van der Waals surface area contributed by atoms with Crippen molar-refractivity contribution in [2.24, 2.45) is 5.92 Å². The molecule has 2 aliphatic rings. The monoisotopic (exact) mass is 264 g/mol. The molecule has 0 radical (unpaired) electrons. The summed E-state index contributed by atoms with van der Waals surface area (Å²) >= 11 is 6.34. The van der Waals surface area contributed by atoms with Crippen LogP contribution < -0.4 is 5.32 Å². The second kappa shape index (κ2) is 5.20. The minimum Gasteiger partial charge on any atom is -0.315 e. The van der Waals surface area contributed by atoms with Gasteiger partial charge in [0.25, 0.3) is 0 Å². The Hall–Kier alpha value is -0.570. The van der Waals surface area contributed by atoms with E-state index in [9.17, 15) is 0 Å². The first kappa shape index (κ1) is 12.5. The molecule has 2 heterocycles. The molecule has 3 heteroatoms. The Morgan fingerprint density at radius 2 is 2.17 bits per heavy atom. The van der Waals surface area contributed by atoms with Crippen LogP contribution in [0.5, 0.6) is 0 Å². The Bertz CT molecular complexity index is 421. The molecule has 2 aliphatic heterocycles. The average molecular weight is 265 g/mol. The van der Waals surface area contributed by atoms with E-state index in [0.717, 1.165) is 17.5 Å². The molecule has 1 N–H and O–H groups in total. The predicted molar refractivity (Wildman–Crippen MR) is 76.0 cm³/mol. The topological polar surface area (TPSA) is 15.3 Å². The third-order valence-electron chi connectivity index (χ3n) is 4.57. The molecule has 2 fully saturated rings. The van der Waals surface area contributed by atoms with E-state index >= 15 is 0 Å². The van der Waals surface area contributed by atoms with E-state index in [0.29, 0.717) is 12.1 Å². The normalized spacial score (nSPS) is 30.1. The van der Waals surface area contributed by atoms with Gasteiger partial charge in [0.05, 0.1) is 0 Å². The Kier molecular flexibility index (Phi) is 3.60. The molecule has 18 heavy (non-hydrogen) atoms. The number of hydrogen-bond donors (Lipinski definition) is 1. The van der Waals surface area contributed by atoms with Crippen molar-refractivity contribution in [1.29, 1.82) is 0 Å². The number of benzene rings is 1. The molecule has 3 unspecified atom stereocenters. The number of nitrogens with one attached hydrogen (secondary N) is 1. The Morgan fingerprint density at radius 3 is 3.00 bits per heavy atom. The van der Waals surface area contributed by atoms with Gasteiger partial charge in [-0.25, -0.2) is 0 Å². The molecule has 3 rings (SSSR count). The van der Waals surface area contributed by atoms with Gasteiger partial charge in [-0.3, -0.25) is 4.90 Å². The SMILES string of the molecule is CC(c1ccccc1Cl)N1CCCC2CNCC21. The molecule has 3 atom stereocenters. The van der Waals surface area contributed by atoms with E-state index in [1.54, 1.807) is 0 Å². The summed E-state index contributed by atoms with van der Waals surface area (Å²) in [6.45, 7) is 5.83. The zero-order chi connectivity index (χ0) is 12.5. The lowest BCUT2D eigenvalue weighted by atomic mass is 9.90. The van der Waals surface area contributed by atoms with E-state index in [1.807, 2.05) is 12.1 Å². The van der Waals surface area contributed by atoms with Gasteiger partial charge < -0.3 is 5.32 Å². The fourth-order valence-electron chi connectivity index (χ4n) is 3.58. The number of hydrogen-bond acceptors (Lipinski definition) is 2. The minimum atomic E-state index is 0.423. The first-order chi connectivity index (χ1) is 8.77. The smallest absolute Gasteiger partial charge is 0.0453 e. The van der Waals surface area contributed by atoms with Gasteiger partial charge in [-0.15, -0.1) is 0 Å². The van der Waals surface area contributed by atoms with E-state index in [4.69, 9.17) is 11.6 Å². The maximum atomic E-state index is 6.34. The molecule has 0 aliphatic carbocycles. The summed E-state index contributed by atoms with van der Waals surface area (Å²) in [4.78, 5) is 2.65. The van der Waals surface area contributed by atoms with Crippen LogP contribution in [0.25, 0.3) is 0 Å². The van der Waals surface area contributed by atoms with Gasteiger partial charge >= 0.3 is 0 Å². The van der Waals surface area contributed by atoms with Crippen LogP contribution in [0.1, 0.15) is 31.4 Å². The number of halogens is 1. The summed E-state index contributed by atoms with van der Waals surface area (Å²) < 4.78 is 0. The van der Waals surface area contributed by atoms with Crippen LogP contribution in [-0.4, -0.2) is 30.6 Å². The Labute approximate surface area is 114 Å². The van der Waals surface area contributed by atoms with Gasteiger partial charge in [0.15, 0.2) is 0 Å². The third kappa shape index (κ3) is 2.18. The molecular formula is C15H21ClN2. The van der Waals surface area contributed by atoms with Gasteiger partial charge in [0, 0.05) is 23.7 Å². The maximum Gasteiger partial charge on any atom is 0.0453 e. The molecule has 2 nitrogen and oxygen atoms in total. The predicted octanol–water partition coefficient (Wildman–Crippen LogP) is 3.08. The van der Waals surface area contributed by atoms with Crippen LogP contribution in [0.3, 0.4) is 0 Å². The van der Waals surface area contributed by atoms with Gasteiger partial charge in [-0.05, 0) is 50.4 Å². The van der Waals surface area contributed by atoms with Gasteiger partial charge in [-0.1, -0.05) is 29.8 Å². The fraction of sp³-hybridized carbons (Fsp3) is 0.600. The molecule has 2 saturated heterocycles. The lowest BCUT2D eigenvalue weighted by Gasteiger charge is -2.41. The highest BCUT2D eigenvalue weighted by molar-refractivity contribution is 6.31. The molecule has 0 aromatic heterocycles. The summed E-state index contributed by atoms with van der Waals surface area (Å²) in [5.41, 5.74) is 1.27. The lowest BCUT2D eigenvalue weighted by Crippen LogP contribution is -2.46. The summed E-state index contributed by atoms with van der Waals surface area (Å²) in [6.07, 6.45) is 2.70. The summed E-state index contributed by atoms with van der Waals surface area (Å²) in [5, 5.41) is 4.44. The summed E-state index contributed by atoms with van der Waals surface area (Å²) in [6, 6.07) is 9.39. The molecule has 1 aromatic carbocycles. The van der Waals surface area contributed by atoms with Crippen molar-refractivity contribution in [1.82, 2.24) is 10.2 Å². The second-order valence-electron chi connectivity index (χ2n) is 5.56. The van der Waals surface area contributed by atoms with Gasteiger partial charge in [0.1, 0.15) is 0 Å². The van der Waals surface area contributed by atoms with Crippen molar-refractivity contribution < 1.29 is 0 Å². The van der Waals surface area contributed by atoms with Crippen molar-refractivity contribution in [2.75, 3.05) is 19.6 Å². The van der Waals surface area contributed by atoms with Crippen molar-refractivity contribution in [3.05, 3.63) is 34.9 Å². The second-order valence-corrected chi connectivity index (χ2v) is 5.97. The molecule has 0 saturated carbocycles. The van der Waals surface area contributed by atoms with Crippen molar-refractivity contribution in [3.63, 3.8) is 0 Å². The van der Waals surface area contributed by atoms with Crippen molar-refractivity contribution in [2.45, 2.75) is 31.8 Å². The first-order valence-electron chi connectivity index (χ1n) is 6.98. The third-order valence-corrected chi connectivity index (χ3v) is 4.92. The Morgan fingerprint density at radius 1 is 1.33 bits per heavy atom. The van der Waals surface area contributed by atoms with E-state index in [1.165, 1.54) is 31.5 Å². The highest BCUT2D eigenvalue weighted by Crippen LogP contribution is 2.35. The van der Waals surface area contributed by atoms with E-state index in [2.05, 4.69) is 29.3 Å². The molecular weight excluding hydrogens is 244 g/mol. The van der Waals surface area contributed by atoms with Gasteiger partial charge in [-0.2, -0.15) is 0 Å². The summed E-state index contributed by atoms with van der Waals surface area (Å²) in [7, 11) is 0. The highest BCUT2D eigenvalue weighted by Gasteiger charge is 2.37. The zero-order valence-electron chi connectivity index (χ0n) is 10.9. The molecule has 98 valence electrons. The molecule has 1 aromatic rings. The van der Waals surface area contributed by atoms with Crippen LogP contribution in [0, 0.1) is 5.92 Å². The quantitative estimate of drug-likeness (QED) is 0.883. The van der Waals surface area contributed by atoms with Crippen LogP contribution in [0.15, 0.2) is 24.3 Å². The molecule has 0 bridgehead atoms. The zero-order valence-corrected chi connectivity index (χ0v) is 11.7. The van der Waals surface area contributed by atoms with Crippen molar-refractivity contribution >= 4 is 11.6 Å². The van der Waals surface area contributed by atoms with Crippen LogP contribution in [-0.2, 0) is 0 Å². The van der Waals surface area contributed by atoms with Crippen LogP contribution in [0.4, 0.5) is 0 Å². The fourth-order valence-corrected chi connectivity index (χ4v) is 3.87. The summed E-state index contributed by atoms with van der Waals surface area (Å²) in [5.74, 6) is 0.837. The van der Waals surface area contributed by atoms with Crippen LogP contribution >= 0.6 is 11.6 Å². The van der Waals surface area contributed by atoms with Crippen LogP contribution in [0.2, 0.25) is 5.02 Å². The van der Waals surface area contributed by atoms with Gasteiger partial charge in [0.2, 0.25) is 0 Å². The lowest BCUT2D eigenvalue weighted by molar-refractivity contribution is 0.0848. The standard InChI is InChI=1S/C15H21ClN2/c1-11(13-6-2-3-7-14(13)16)18-8-4-5-12-9-17-10-15(12)18/h2-3,6-7,11-12,15,17H,4-5,8-10H2,1H3. The number of likely N-dealkylation sites (tertiary alicyclic amines) is 1. The highest BCUT2D eigenvalue weighted by atomic mass is 35.5. The average Bonchev–Trinajstić information content (AvgIpc) is 2.86. The molecule has 0 spiro atoms.